The van der Waals surface area contributed by atoms with E-state index >= 15 is 0 Å². The molecule has 2 N–H and O–H groups in total. The molecule has 1 saturated carbocycles. The van der Waals surface area contributed by atoms with Gasteiger partial charge in [0.15, 0.2) is 5.96 Å². The molecule has 0 amide bonds. The highest BCUT2D eigenvalue weighted by Gasteiger charge is 2.27. The van der Waals surface area contributed by atoms with Gasteiger partial charge in [0.1, 0.15) is 0 Å². The van der Waals surface area contributed by atoms with Gasteiger partial charge in [0.2, 0.25) is 0 Å². The first-order chi connectivity index (χ1) is 11.8. The van der Waals surface area contributed by atoms with Crippen LogP contribution in [0.5, 0.6) is 0 Å². The van der Waals surface area contributed by atoms with Crippen molar-refractivity contribution in [1.29, 1.82) is 0 Å². The van der Waals surface area contributed by atoms with Crippen molar-refractivity contribution in [3.8, 4) is 0 Å². The molecule has 0 radical (unpaired) electrons. The molecule has 6 heteroatoms. The molecule has 24 heavy (non-hydrogen) atoms. The maximum atomic E-state index is 4.42. The van der Waals surface area contributed by atoms with E-state index < -0.39 is 0 Å². The normalized spacial score (nSPS) is 26.0. The average Bonchev–Trinajstić information content (AvgIpc) is 3.17. The van der Waals surface area contributed by atoms with Gasteiger partial charge in [-0.25, -0.2) is 0 Å². The lowest BCUT2D eigenvalue weighted by atomic mass is 10.0. The van der Waals surface area contributed by atoms with E-state index in [9.17, 15) is 0 Å². The summed E-state index contributed by atoms with van der Waals surface area (Å²) in [4.78, 5) is 9.70. The number of hydrogen-bond donors (Lipinski definition) is 2. The van der Waals surface area contributed by atoms with E-state index in [4.69, 9.17) is 0 Å². The second-order valence-corrected chi connectivity index (χ2v) is 8.57. The van der Waals surface area contributed by atoms with Gasteiger partial charge in [0, 0.05) is 69.9 Å². The fourth-order valence-corrected chi connectivity index (χ4v) is 5.20. The highest BCUT2D eigenvalue weighted by molar-refractivity contribution is 7.99. The first kappa shape index (κ1) is 18.3. The summed E-state index contributed by atoms with van der Waals surface area (Å²) >= 11 is 2.07. The molecule has 3 aliphatic rings. The third kappa shape index (κ3) is 5.53. The average molecular weight is 354 g/mol. The SMILES string of the molecule is CN=C(NCCN1CCSCC1)NC1CCN(C2CCCC2)CC1. The van der Waals surface area contributed by atoms with E-state index in [-0.39, 0.29) is 0 Å². The summed E-state index contributed by atoms with van der Waals surface area (Å²) in [5, 5.41) is 7.15. The van der Waals surface area contributed by atoms with E-state index in [0.29, 0.717) is 6.04 Å². The van der Waals surface area contributed by atoms with E-state index in [1.54, 1.807) is 0 Å². The zero-order valence-electron chi connectivity index (χ0n) is 15.3. The van der Waals surface area contributed by atoms with Crippen LogP contribution in [0.1, 0.15) is 38.5 Å². The lowest BCUT2D eigenvalue weighted by Crippen LogP contribution is -2.51. The molecule has 0 spiro atoms. The summed E-state index contributed by atoms with van der Waals surface area (Å²) in [6.07, 6.45) is 8.23. The number of guanidine groups is 1. The number of rotatable bonds is 5. The fraction of sp³-hybridized carbons (Fsp3) is 0.944. The van der Waals surface area contributed by atoms with Crippen LogP contribution < -0.4 is 10.6 Å². The first-order valence-corrected chi connectivity index (χ1v) is 11.0. The Labute approximate surface area is 152 Å². The van der Waals surface area contributed by atoms with Gasteiger partial charge in [0.25, 0.3) is 0 Å². The minimum Gasteiger partial charge on any atom is -0.355 e. The number of thioether (sulfide) groups is 1. The Hall–Kier alpha value is -0.460. The number of piperidine rings is 1. The quantitative estimate of drug-likeness (QED) is 0.581. The van der Waals surface area contributed by atoms with Crippen molar-refractivity contribution in [2.24, 2.45) is 4.99 Å². The Kier molecular flexibility index (Phi) is 7.55. The molecule has 0 unspecified atom stereocenters. The zero-order valence-corrected chi connectivity index (χ0v) is 16.1. The van der Waals surface area contributed by atoms with Crippen LogP contribution in [-0.2, 0) is 0 Å². The fourth-order valence-electron chi connectivity index (χ4n) is 4.22. The van der Waals surface area contributed by atoms with E-state index in [2.05, 4.69) is 37.2 Å². The van der Waals surface area contributed by atoms with Gasteiger partial charge in [-0.05, 0) is 25.7 Å². The van der Waals surface area contributed by atoms with E-state index in [1.165, 1.54) is 76.2 Å². The van der Waals surface area contributed by atoms with Crippen LogP contribution in [0.2, 0.25) is 0 Å². The zero-order chi connectivity index (χ0) is 16.6. The Morgan fingerprint density at radius 3 is 2.42 bits per heavy atom. The molecular formula is C18H35N5S. The largest absolute Gasteiger partial charge is 0.355 e. The van der Waals surface area contributed by atoms with Gasteiger partial charge >= 0.3 is 0 Å². The van der Waals surface area contributed by atoms with Crippen LogP contribution in [-0.4, -0.2) is 85.7 Å². The topological polar surface area (TPSA) is 42.9 Å². The maximum absolute atomic E-state index is 4.42. The third-order valence-corrected chi connectivity index (χ3v) is 6.70. The van der Waals surface area contributed by atoms with E-state index in [0.717, 1.165) is 25.1 Å². The molecule has 5 nitrogen and oxygen atoms in total. The number of nitrogens with one attached hydrogen (secondary N) is 2. The molecule has 0 aromatic heterocycles. The molecule has 0 aromatic rings. The van der Waals surface area contributed by atoms with Crippen molar-refractivity contribution in [2.45, 2.75) is 50.6 Å². The van der Waals surface area contributed by atoms with Crippen molar-refractivity contribution in [2.75, 3.05) is 57.8 Å². The Morgan fingerprint density at radius 2 is 1.75 bits per heavy atom. The van der Waals surface area contributed by atoms with Gasteiger partial charge in [0.05, 0.1) is 0 Å². The second kappa shape index (κ2) is 9.88. The number of hydrogen-bond acceptors (Lipinski definition) is 4. The van der Waals surface area contributed by atoms with Crippen molar-refractivity contribution in [1.82, 2.24) is 20.4 Å². The smallest absolute Gasteiger partial charge is 0.191 e. The highest BCUT2D eigenvalue weighted by Crippen LogP contribution is 2.26. The Bertz CT molecular complexity index is 383. The molecule has 0 aromatic carbocycles. The summed E-state index contributed by atoms with van der Waals surface area (Å²) < 4.78 is 0. The lowest BCUT2D eigenvalue weighted by molar-refractivity contribution is 0.150. The maximum Gasteiger partial charge on any atom is 0.191 e. The monoisotopic (exact) mass is 353 g/mol. The summed E-state index contributed by atoms with van der Waals surface area (Å²) in [5.74, 6) is 3.56. The molecule has 3 fully saturated rings. The molecule has 2 heterocycles. The summed E-state index contributed by atoms with van der Waals surface area (Å²) in [7, 11) is 1.89. The third-order valence-electron chi connectivity index (χ3n) is 5.76. The summed E-state index contributed by atoms with van der Waals surface area (Å²) in [6.45, 7) is 7.10. The molecule has 2 saturated heterocycles. The molecule has 2 aliphatic heterocycles. The number of likely N-dealkylation sites (tertiary alicyclic amines) is 1. The van der Waals surface area contributed by atoms with Crippen molar-refractivity contribution in [3.63, 3.8) is 0 Å². The van der Waals surface area contributed by atoms with Gasteiger partial charge < -0.3 is 15.5 Å². The minimum atomic E-state index is 0.584. The standard InChI is InChI=1S/C18H35N5S/c1-19-18(20-8-11-22-12-14-24-15-13-22)21-16-6-9-23(10-7-16)17-4-2-3-5-17/h16-17H,2-15H2,1H3,(H2,19,20,21). The van der Waals surface area contributed by atoms with Crippen molar-refractivity contribution >= 4 is 17.7 Å². The van der Waals surface area contributed by atoms with Crippen molar-refractivity contribution in [3.05, 3.63) is 0 Å². The van der Waals surface area contributed by atoms with Crippen LogP contribution in [0.3, 0.4) is 0 Å². The predicted octanol–water partition coefficient (Wildman–Crippen LogP) is 1.61. The lowest BCUT2D eigenvalue weighted by Gasteiger charge is -2.36. The minimum absolute atomic E-state index is 0.584. The summed E-state index contributed by atoms with van der Waals surface area (Å²) in [6, 6.07) is 1.46. The van der Waals surface area contributed by atoms with Crippen LogP contribution >= 0.6 is 11.8 Å². The Balaban J connectivity index is 1.32. The second-order valence-electron chi connectivity index (χ2n) is 7.35. The van der Waals surface area contributed by atoms with Crippen LogP contribution in [0.15, 0.2) is 4.99 Å². The van der Waals surface area contributed by atoms with Gasteiger partial charge in [-0.1, -0.05) is 12.8 Å². The van der Waals surface area contributed by atoms with Gasteiger partial charge in [-0.15, -0.1) is 0 Å². The molecule has 3 rings (SSSR count). The predicted molar refractivity (Wildman–Crippen MR) is 105 cm³/mol. The highest BCUT2D eigenvalue weighted by atomic mass is 32.2. The summed E-state index contributed by atoms with van der Waals surface area (Å²) in [5.41, 5.74) is 0. The molecule has 1 aliphatic carbocycles. The molecule has 0 atom stereocenters. The molecule has 138 valence electrons. The molecular weight excluding hydrogens is 318 g/mol. The van der Waals surface area contributed by atoms with Crippen LogP contribution in [0.4, 0.5) is 0 Å². The number of nitrogens with zero attached hydrogens (tertiary/aromatic N) is 3. The number of aliphatic imine (C=N–C) groups is 1. The first-order valence-electron chi connectivity index (χ1n) is 9.86. The van der Waals surface area contributed by atoms with E-state index in [1.807, 2.05) is 7.05 Å². The van der Waals surface area contributed by atoms with Crippen molar-refractivity contribution < 1.29 is 0 Å². The Morgan fingerprint density at radius 1 is 1.04 bits per heavy atom. The van der Waals surface area contributed by atoms with Gasteiger partial charge in [-0.3, -0.25) is 9.89 Å². The molecule has 0 bridgehead atoms. The van der Waals surface area contributed by atoms with Crippen LogP contribution in [0.25, 0.3) is 0 Å². The van der Waals surface area contributed by atoms with Crippen LogP contribution in [0, 0.1) is 0 Å². The van der Waals surface area contributed by atoms with Gasteiger partial charge in [-0.2, -0.15) is 11.8 Å².